The maximum absolute atomic E-state index is 5.39. The molecule has 12 rings (SSSR count). The molecular weight excluding hydrogens is 679 g/mol. The third kappa shape index (κ3) is 4.81. The van der Waals surface area contributed by atoms with Crippen LogP contribution >= 0.6 is 0 Å². The van der Waals surface area contributed by atoms with Gasteiger partial charge in [-0.2, -0.15) is 0 Å². The number of hydrogen-bond acceptors (Lipinski definition) is 3. The molecule has 0 aliphatic heterocycles. The van der Waals surface area contributed by atoms with Crippen LogP contribution in [0.5, 0.6) is 0 Å². The number of fused-ring (bicyclic) bond motifs is 5. The summed E-state index contributed by atoms with van der Waals surface area (Å²) in [6.07, 6.45) is 1.95. The first-order valence-electron chi connectivity index (χ1n) is 19.1. The largest absolute Gasteiger partial charge is 0.256 e. The van der Waals surface area contributed by atoms with E-state index in [-0.39, 0.29) is 0 Å². The number of hydrogen-bond donors (Lipinski definition) is 0. The van der Waals surface area contributed by atoms with E-state index in [2.05, 4.69) is 175 Å². The third-order valence-corrected chi connectivity index (χ3v) is 11.6. The van der Waals surface area contributed by atoms with Crippen molar-refractivity contribution in [3.05, 3.63) is 188 Å². The van der Waals surface area contributed by atoms with Gasteiger partial charge < -0.3 is 0 Å². The Labute approximate surface area is 322 Å². The lowest BCUT2D eigenvalue weighted by atomic mass is 9.87. The Morgan fingerprint density at radius 1 is 0.304 bits per heavy atom. The zero-order valence-corrected chi connectivity index (χ0v) is 30.2. The molecule has 0 atom stereocenters. The second kappa shape index (κ2) is 12.0. The number of aromatic nitrogens is 3. The monoisotopic (exact) mass is 709 g/mol. The molecule has 12 aromatic rings. The maximum atomic E-state index is 5.39. The van der Waals surface area contributed by atoms with Crippen molar-refractivity contribution in [3.63, 3.8) is 0 Å². The molecule has 0 fully saturated rings. The molecule has 0 saturated heterocycles. The molecule has 3 heterocycles. The first-order valence-corrected chi connectivity index (χ1v) is 19.1. The van der Waals surface area contributed by atoms with Crippen molar-refractivity contribution in [3.8, 4) is 44.8 Å². The van der Waals surface area contributed by atoms with Gasteiger partial charge in [0.2, 0.25) is 0 Å². The average Bonchev–Trinajstić information content (AvgIpc) is 3.27. The van der Waals surface area contributed by atoms with Crippen molar-refractivity contribution in [2.24, 2.45) is 0 Å². The number of para-hydroxylation sites is 1. The van der Waals surface area contributed by atoms with E-state index in [1.54, 1.807) is 0 Å². The Morgan fingerprint density at radius 2 is 0.821 bits per heavy atom. The molecule has 3 heteroatoms. The molecule has 56 heavy (non-hydrogen) atoms. The average molecular weight is 710 g/mol. The normalized spacial score (nSPS) is 11.9. The van der Waals surface area contributed by atoms with Gasteiger partial charge in [-0.15, -0.1) is 0 Å². The highest BCUT2D eigenvalue weighted by Gasteiger charge is 2.17. The van der Waals surface area contributed by atoms with Gasteiger partial charge in [0, 0.05) is 39.0 Å². The fraction of sp³-hybridized carbons (Fsp3) is 0. The standard InChI is InChI=1S/C53H31N3/c1-2-6-39-29-40(16-11-32(39)5-1)43-23-17-35-20-26-46-44(24-18-36-19-25-45(43)50(35)51(36)46)49-28-22-38-15-14-37-21-27-48(55-52(37)53(38)56-49)34-12-9-33(10-13-34)42-30-41-7-3-4-8-47(41)54-31-42/h1-31H. The Morgan fingerprint density at radius 3 is 1.59 bits per heavy atom. The second-order valence-corrected chi connectivity index (χ2v) is 14.8. The summed E-state index contributed by atoms with van der Waals surface area (Å²) in [6.45, 7) is 0. The molecule has 0 radical (unpaired) electrons. The smallest absolute Gasteiger partial charge is 0.0972 e. The lowest BCUT2D eigenvalue weighted by Crippen LogP contribution is -1.93. The summed E-state index contributed by atoms with van der Waals surface area (Å²) in [6, 6.07) is 65.5. The lowest BCUT2D eigenvalue weighted by Gasteiger charge is -2.17. The van der Waals surface area contributed by atoms with Crippen LogP contribution in [-0.4, -0.2) is 15.0 Å². The van der Waals surface area contributed by atoms with Gasteiger partial charge in [-0.25, -0.2) is 9.97 Å². The molecule has 3 aromatic heterocycles. The van der Waals surface area contributed by atoms with Crippen molar-refractivity contribution in [2.75, 3.05) is 0 Å². The van der Waals surface area contributed by atoms with Crippen molar-refractivity contribution in [1.82, 2.24) is 15.0 Å². The molecular formula is C53H31N3. The van der Waals surface area contributed by atoms with Gasteiger partial charge in [0.15, 0.2) is 0 Å². The van der Waals surface area contributed by atoms with Crippen LogP contribution in [-0.2, 0) is 0 Å². The lowest BCUT2D eigenvalue weighted by molar-refractivity contribution is 1.37. The van der Waals surface area contributed by atoms with Crippen LogP contribution in [0.1, 0.15) is 0 Å². The van der Waals surface area contributed by atoms with Crippen LogP contribution in [0.15, 0.2) is 188 Å². The molecule has 0 aliphatic rings. The SMILES string of the molecule is c1ccc2cc(-c3ccc4ccc5c(-c6ccc7ccc8ccc(-c9ccc(-c%10cnc%11ccccc%11c%10)cc9)nc8c7n6)ccc6ccc3c4c65)ccc2c1. The summed E-state index contributed by atoms with van der Waals surface area (Å²) in [4.78, 5) is 15.3. The number of benzene rings is 9. The van der Waals surface area contributed by atoms with Gasteiger partial charge in [-0.3, -0.25) is 4.98 Å². The van der Waals surface area contributed by atoms with Crippen LogP contribution < -0.4 is 0 Å². The summed E-state index contributed by atoms with van der Waals surface area (Å²) < 4.78 is 0. The van der Waals surface area contributed by atoms with Crippen LogP contribution in [0.3, 0.4) is 0 Å². The van der Waals surface area contributed by atoms with Gasteiger partial charge >= 0.3 is 0 Å². The second-order valence-electron chi connectivity index (χ2n) is 14.8. The minimum absolute atomic E-state index is 0.905. The van der Waals surface area contributed by atoms with Gasteiger partial charge in [0.05, 0.1) is 27.9 Å². The van der Waals surface area contributed by atoms with Crippen LogP contribution in [0.25, 0.3) is 121 Å². The van der Waals surface area contributed by atoms with Gasteiger partial charge in [-0.1, -0.05) is 152 Å². The van der Waals surface area contributed by atoms with Crippen molar-refractivity contribution >= 4 is 75.8 Å². The van der Waals surface area contributed by atoms with Crippen molar-refractivity contribution in [2.45, 2.75) is 0 Å². The highest BCUT2D eigenvalue weighted by Crippen LogP contribution is 2.43. The Hall–Kier alpha value is -7.49. The highest BCUT2D eigenvalue weighted by atomic mass is 14.8. The predicted molar refractivity (Wildman–Crippen MR) is 235 cm³/mol. The van der Waals surface area contributed by atoms with Gasteiger partial charge in [0.1, 0.15) is 0 Å². The summed E-state index contributed by atoms with van der Waals surface area (Å²) in [5, 5.41) is 13.3. The fourth-order valence-electron chi connectivity index (χ4n) is 8.77. The first kappa shape index (κ1) is 30.9. The molecule has 0 bridgehead atoms. The van der Waals surface area contributed by atoms with Crippen LogP contribution in [0, 0.1) is 0 Å². The van der Waals surface area contributed by atoms with Gasteiger partial charge in [0.25, 0.3) is 0 Å². The Balaban J connectivity index is 0.971. The maximum Gasteiger partial charge on any atom is 0.0972 e. The van der Waals surface area contributed by atoms with E-state index in [1.165, 1.54) is 54.2 Å². The number of nitrogens with zero attached hydrogens (tertiary/aromatic N) is 3. The number of pyridine rings is 3. The highest BCUT2D eigenvalue weighted by molar-refractivity contribution is 6.27. The van der Waals surface area contributed by atoms with E-state index >= 15 is 0 Å². The molecule has 0 aliphatic carbocycles. The third-order valence-electron chi connectivity index (χ3n) is 11.6. The molecule has 0 saturated carbocycles. The summed E-state index contributed by atoms with van der Waals surface area (Å²) in [5.41, 5.74) is 11.6. The molecule has 0 N–H and O–H groups in total. The Bertz CT molecular complexity index is 3530. The Kier molecular flexibility index (Phi) is 6.63. The molecule has 0 spiro atoms. The molecule has 9 aromatic carbocycles. The molecule has 0 amide bonds. The van der Waals surface area contributed by atoms with Crippen LogP contribution in [0.4, 0.5) is 0 Å². The quantitative estimate of drug-likeness (QED) is 0.171. The van der Waals surface area contributed by atoms with E-state index in [0.717, 1.165) is 66.4 Å². The number of rotatable bonds is 4. The van der Waals surface area contributed by atoms with Crippen molar-refractivity contribution in [1.29, 1.82) is 0 Å². The van der Waals surface area contributed by atoms with E-state index in [9.17, 15) is 0 Å². The molecule has 258 valence electrons. The van der Waals surface area contributed by atoms with E-state index in [1.807, 2.05) is 18.3 Å². The summed E-state index contributed by atoms with van der Waals surface area (Å²) >= 11 is 0. The van der Waals surface area contributed by atoms with E-state index in [4.69, 9.17) is 9.97 Å². The van der Waals surface area contributed by atoms with E-state index < -0.39 is 0 Å². The molecule has 0 unspecified atom stereocenters. The summed E-state index contributed by atoms with van der Waals surface area (Å²) in [5.74, 6) is 0. The minimum Gasteiger partial charge on any atom is -0.256 e. The molecule has 3 nitrogen and oxygen atoms in total. The summed E-state index contributed by atoms with van der Waals surface area (Å²) in [7, 11) is 0. The predicted octanol–water partition coefficient (Wildman–Crippen LogP) is 14.0. The van der Waals surface area contributed by atoms with E-state index in [0.29, 0.717) is 0 Å². The topological polar surface area (TPSA) is 38.7 Å². The first-order chi connectivity index (χ1) is 27.7. The fourth-order valence-corrected chi connectivity index (χ4v) is 8.77. The van der Waals surface area contributed by atoms with Crippen molar-refractivity contribution < 1.29 is 0 Å². The minimum atomic E-state index is 0.905. The zero-order chi connectivity index (χ0) is 36.7. The van der Waals surface area contributed by atoms with Gasteiger partial charge in [-0.05, 0) is 90.1 Å². The van der Waals surface area contributed by atoms with Crippen LogP contribution in [0.2, 0.25) is 0 Å². The zero-order valence-electron chi connectivity index (χ0n) is 30.2.